The number of aryl methyl sites for hydroxylation is 1. The Morgan fingerprint density at radius 3 is 2.85 bits per heavy atom. The number of carbonyl (C=O) groups excluding carboxylic acids is 1. The van der Waals surface area contributed by atoms with E-state index in [2.05, 4.69) is 10.3 Å². The number of amides is 1. The van der Waals surface area contributed by atoms with Crippen molar-refractivity contribution in [3.63, 3.8) is 0 Å². The van der Waals surface area contributed by atoms with Gasteiger partial charge in [-0.25, -0.2) is 4.98 Å². The molecule has 1 aliphatic rings. The lowest BCUT2D eigenvalue weighted by Gasteiger charge is -2.35. The van der Waals surface area contributed by atoms with Crippen LogP contribution in [-0.2, 0) is 18.0 Å². The third-order valence-electron chi connectivity index (χ3n) is 4.24. The molecule has 10 heteroatoms. The van der Waals surface area contributed by atoms with E-state index in [1.54, 1.807) is 17.2 Å². The van der Waals surface area contributed by atoms with Crippen LogP contribution in [-0.4, -0.2) is 45.7 Å². The molecule has 0 spiro atoms. The van der Waals surface area contributed by atoms with Gasteiger partial charge in [-0.15, -0.1) is 24.2 Å². The number of hydrogen-bond acceptors (Lipinski definition) is 4. The van der Waals surface area contributed by atoms with Crippen LogP contribution >= 0.6 is 24.2 Å². The summed E-state index contributed by atoms with van der Waals surface area (Å²) in [6.45, 7) is 1.82. The van der Waals surface area contributed by atoms with Gasteiger partial charge < -0.3 is 14.8 Å². The number of rotatable bonds is 4. The van der Waals surface area contributed by atoms with Crippen molar-refractivity contribution in [3.05, 3.63) is 48.0 Å². The van der Waals surface area contributed by atoms with Gasteiger partial charge in [-0.3, -0.25) is 4.79 Å². The van der Waals surface area contributed by atoms with E-state index in [1.807, 2.05) is 17.8 Å². The maximum Gasteiger partial charge on any atom is 0.416 e. The van der Waals surface area contributed by atoms with Crippen LogP contribution in [0.4, 0.5) is 13.2 Å². The van der Waals surface area contributed by atoms with E-state index in [0.717, 1.165) is 29.7 Å². The van der Waals surface area contributed by atoms with Gasteiger partial charge in [0.15, 0.2) is 0 Å². The Morgan fingerprint density at radius 2 is 2.19 bits per heavy atom. The lowest BCUT2D eigenvalue weighted by Crippen LogP contribution is -2.50. The van der Waals surface area contributed by atoms with Crippen molar-refractivity contribution in [2.75, 3.05) is 25.4 Å². The SMILES string of the molecule is Cl.Cn1ccnc1C1CNCCN1C(=O)CSc1cccc(C(F)(F)F)c1. The van der Waals surface area contributed by atoms with Crippen LogP contribution in [0.1, 0.15) is 17.4 Å². The first-order valence-electron chi connectivity index (χ1n) is 8.14. The Balaban J connectivity index is 0.00000261. The summed E-state index contributed by atoms with van der Waals surface area (Å²) < 4.78 is 40.3. The first kappa shape index (κ1) is 21.6. The van der Waals surface area contributed by atoms with Crippen molar-refractivity contribution in [3.8, 4) is 0 Å². The first-order chi connectivity index (χ1) is 12.4. The van der Waals surface area contributed by atoms with Gasteiger partial charge in [0.25, 0.3) is 0 Å². The monoisotopic (exact) mass is 420 g/mol. The van der Waals surface area contributed by atoms with Crippen molar-refractivity contribution in [1.29, 1.82) is 0 Å². The Bertz CT molecular complexity index is 784. The first-order valence-corrected chi connectivity index (χ1v) is 9.12. The second-order valence-corrected chi connectivity index (χ2v) is 7.07. The number of halogens is 4. The quantitative estimate of drug-likeness (QED) is 0.772. The number of piperazine rings is 1. The van der Waals surface area contributed by atoms with Crippen LogP contribution in [0.3, 0.4) is 0 Å². The molecule has 148 valence electrons. The fraction of sp³-hybridized carbons (Fsp3) is 0.412. The molecule has 3 rings (SSSR count). The summed E-state index contributed by atoms with van der Waals surface area (Å²) in [6, 6.07) is 4.86. The standard InChI is InChI=1S/C17H19F3N4OS.ClH/c1-23-7-6-22-16(23)14-10-21-5-8-24(14)15(25)11-26-13-4-2-3-12(9-13)17(18,19)20;/h2-4,6-7,9,14,21H,5,8,10-11H2,1H3;1H. The maximum atomic E-state index is 12.8. The molecule has 2 aromatic rings. The summed E-state index contributed by atoms with van der Waals surface area (Å²) in [6.07, 6.45) is -0.879. The van der Waals surface area contributed by atoms with Crippen molar-refractivity contribution in [2.45, 2.75) is 17.1 Å². The van der Waals surface area contributed by atoms with Crippen LogP contribution in [0.25, 0.3) is 0 Å². The van der Waals surface area contributed by atoms with Crippen molar-refractivity contribution in [2.24, 2.45) is 7.05 Å². The van der Waals surface area contributed by atoms with E-state index in [1.165, 1.54) is 6.07 Å². The average molecular weight is 421 g/mol. The van der Waals surface area contributed by atoms with Crippen LogP contribution < -0.4 is 5.32 Å². The Labute approximate surface area is 165 Å². The zero-order valence-corrected chi connectivity index (χ0v) is 16.2. The number of nitrogens with zero attached hydrogens (tertiary/aromatic N) is 3. The molecular weight excluding hydrogens is 401 g/mol. The van der Waals surface area contributed by atoms with Gasteiger partial charge in [0.2, 0.25) is 5.91 Å². The van der Waals surface area contributed by atoms with Crippen LogP contribution in [0.5, 0.6) is 0 Å². The predicted molar refractivity (Wildman–Crippen MR) is 99.9 cm³/mol. The van der Waals surface area contributed by atoms with Crippen molar-refractivity contribution in [1.82, 2.24) is 19.8 Å². The fourth-order valence-corrected chi connectivity index (χ4v) is 3.76. The Morgan fingerprint density at radius 1 is 1.41 bits per heavy atom. The molecule has 1 saturated heterocycles. The van der Waals surface area contributed by atoms with Gasteiger partial charge in [-0.2, -0.15) is 13.2 Å². The second kappa shape index (κ2) is 8.99. The smallest absolute Gasteiger partial charge is 0.336 e. The number of benzene rings is 1. The molecule has 0 saturated carbocycles. The molecule has 1 amide bonds. The summed E-state index contributed by atoms with van der Waals surface area (Å²) in [7, 11) is 1.87. The van der Waals surface area contributed by atoms with Gasteiger partial charge in [0.05, 0.1) is 11.3 Å². The molecule has 1 fully saturated rings. The van der Waals surface area contributed by atoms with Gasteiger partial charge in [0, 0.05) is 44.0 Å². The number of nitrogens with one attached hydrogen (secondary N) is 1. The highest BCUT2D eigenvalue weighted by atomic mass is 35.5. The molecule has 0 aliphatic carbocycles. The number of aromatic nitrogens is 2. The molecule has 1 N–H and O–H groups in total. The predicted octanol–water partition coefficient (Wildman–Crippen LogP) is 3.13. The van der Waals surface area contributed by atoms with E-state index in [4.69, 9.17) is 0 Å². The number of hydrogen-bond donors (Lipinski definition) is 1. The van der Waals surface area contributed by atoms with E-state index in [0.29, 0.717) is 24.5 Å². The molecule has 1 atom stereocenters. The molecule has 5 nitrogen and oxygen atoms in total. The highest BCUT2D eigenvalue weighted by molar-refractivity contribution is 8.00. The van der Waals surface area contributed by atoms with Crippen molar-refractivity contribution >= 4 is 30.1 Å². The van der Waals surface area contributed by atoms with Gasteiger partial charge >= 0.3 is 6.18 Å². The van der Waals surface area contributed by atoms with E-state index < -0.39 is 11.7 Å². The Kier molecular flexibility index (Phi) is 7.19. The third-order valence-corrected chi connectivity index (χ3v) is 5.22. The third kappa shape index (κ3) is 5.18. The van der Waals surface area contributed by atoms with Crippen molar-refractivity contribution < 1.29 is 18.0 Å². The minimum atomic E-state index is -4.39. The zero-order chi connectivity index (χ0) is 18.7. The second-order valence-electron chi connectivity index (χ2n) is 6.02. The topological polar surface area (TPSA) is 50.2 Å². The van der Waals surface area contributed by atoms with Crippen LogP contribution in [0.2, 0.25) is 0 Å². The summed E-state index contributed by atoms with van der Waals surface area (Å²) in [5, 5.41) is 3.25. The number of carbonyl (C=O) groups is 1. The Hall–Kier alpha value is -1.71. The summed E-state index contributed by atoms with van der Waals surface area (Å²) >= 11 is 1.12. The lowest BCUT2D eigenvalue weighted by molar-refractivity contribution is -0.137. The summed E-state index contributed by atoms with van der Waals surface area (Å²) in [5.74, 6) is 0.763. The van der Waals surface area contributed by atoms with Gasteiger partial charge in [0.1, 0.15) is 11.9 Å². The molecule has 0 bridgehead atoms. The molecule has 1 unspecified atom stereocenters. The molecule has 27 heavy (non-hydrogen) atoms. The highest BCUT2D eigenvalue weighted by Gasteiger charge is 2.32. The molecule has 1 aliphatic heterocycles. The van der Waals surface area contributed by atoms with Crippen LogP contribution in [0.15, 0.2) is 41.6 Å². The maximum absolute atomic E-state index is 12.8. The summed E-state index contributed by atoms with van der Waals surface area (Å²) in [4.78, 5) is 19.2. The van der Waals surface area contributed by atoms with E-state index in [-0.39, 0.29) is 30.1 Å². The van der Waals surface area contributed by atoms with E-state index in [9.17, 15) is 18.0 Å². The number of thioether (sulfide) groups is 1. The van der Waals surface area contributed by atoms with E-state index >= 15 is 0 Å². The molecule has 2 heterocycles. The number of alkyl halides is 3. The summed E-state index contributed by atoms with van der Waals surface area (Å²) in [5.41, 5.74) is -0.706. The van der Waals surface area contributed by atoms with Crippen LogP contribution in [0, 0.1) is 0 Å². The largest absolute Gasteiger partial charge is 0.416 e. The minimum Gasteiger partial charge on any atom is -0.336 e. The number of imidazole rings is 1. The average Bonchev–Trinajstić information content (AvgIpc) is 3.05. The normalized spacial score (nSPS) is 17.5. The zero-order valence-electron chi connectivity index (χ0n) is 14.6. The highest BCUT2D eigenvalue weighted by Crippen LogP contribution is 2.32. The molecule has 0 radical (unpaired) electrons. The molecule has 1 aromatic heterocycles. The lowest BCUT2D eigenvalue weighted by atomic mass is 10.1. The minimum absolute atomic E-state index is 0. The molecular formula is C17H20ClF3N4OS. The molecule has 1 aromatic carbocycles. The fourth-order valence-electron chi connectivity index (χ4n) is 2.92. The van der Waals surface area contributed by atoms with Gasteiger partial charge in [-0.1, -0.05) is 6.07 Å². The van der Waals surface area contributed by atoms with Gasteiger partial charge in [-0.05, 0) is 18.2 Å².